The molecule has 0 aromatic rings. The summed E-state index contributed by atoms with van der Waals surface area (Å²) in [5.41, 5.74) is 5.11. The summed E-state index contributed by atoms with van der Waals surface area (Å²) in [6.07, 6.45) is -1.37. The van der Waals surface area contributed by atoms with E-state index in [1.54, 1.807) is 0 Å². The van der Waals surface area contributed by atoms with Crippen molar-refractivity contribution in [3.63, 3.8) is 0 Å². The van der Waals surface area contributed by atoms with E-state index in [4.69, 9.17) is 30.7 Å². The first-order valence-corrected chi connectivity index (χ1v) is 7.72. The molecule has 0 aromatic carbocycles. The predicted octanol–water partition coefficient (Wildman–Crippen LogP) is -0.865. The summed E-state index contributed by atoms with van der Waals surface area (Å²) < 4.78 is 21.9. The maximum Gasteiger partial charge on any atom is 0.369 e. The first kappa shape index (κ1) is 16.9. The van der Waals surface area contributed by atoms with Gasteiger partial charge in [-0.05, 0) is 13.3 Å². The van der Waals surface area contributed by atoms with Gasteiger partial charge in [0, 0.05) is 18.2 Å². The van der Waals surface area contributed by atoms with Gasteiger partial charge >= 0.3 is 15.2 Å². The van der Waals surface area contributed by atoms with Gasteiger partial charge < -0.3 is 35.8 Å². The lowest BCUT2D eigenvalue weighted by Gasteiger charge is -2.29. The average molecular weight is 290 g/mol. The van der Waals surface area contributed by atoms with E-state index in [1.165, 1.54) is 6.92 Å². The van der Waals surface area contributed by atoms with Gasteiger partial charge in [0.1, 0.15) is 0 Å². The number of nitrogens with two attached hydrogens (primary N) is 1. The Morgan fingerprint density at radius 3 is 1.88 bits per heavy atom. The van der Waals surface area contributed by atoms with Crippen molar-refractivity contribution in [3.05, 3.63) is 0 Å². The van der Waals surface area contributed by atoms with E-state index in [0.29, 0.717) is 0 Å². The topological polar surface area (TPSA) is 185 Å². The van der Waals surface area contributed by atoms with Crippen molar-refractivity contribution in [1.82, 2.24) is 0 Å². The Balaban J connectivity index is 5.09. The van der Waals surface area contributed by atoms with E-state index < -0.39 is 39.2 Å². The van der Waals surface area contributed by atoms with Crippen molar-refractivity contribution in [3.8, 4) is 0 Å². The van der Waals surface area contributed by atoms with Crippen LogP contribution in [0.1, 0.15) is 19.8 Å². The number of hydrogen-bond acceptors (Lipinski definition) is 5. The minimum Gasteiger partial charge on any atom is -0.368 e. The summed E-state index contributed by atoms with van der Waals surface area (Å²) in [5, 5.41) is 13.3. The third-order valence-electron chi connectivity index (χ3n) is 2.21. The van der Waals surface area contributed by atoms with Crippen LogP contribution in [-0.2, 0) is 9.13 Å². The third kappa shape index (κ3) is 3.94. The first-order chi connectivity index (χ1) is 7.33. The molecule has 1 unspecified atom stereocenters. The molecule has 0 heterocycles. The third-order valence-corrected chi connectivity index (χ3v) is 6.09. The number of hydrogen-bond donors (Lipinski definition) is 7. The van der Waals surface area contributed by atoms with Crippen LogP contribution < -0.4 is 5.73 Å². The Bertz CT molecular complexity index is 362. The van der Waals surface area contributed by atoms with Gasteiger partial charge in [0.15, 0.2) is 0 Å². The zero-order valence-electron chi connectivity index (χ0n) is 9.02. The molecule has 17 heavy (non-hydrogen) atoms. The van der Waals surface area contributed by atoms with Gasteiger partial charge in [-0.2, -0.15) is 0 Å². The molecule has 0 amide bonds. The van der Waals surface area contributed by atoms with Gasteiger partial charge in [-0.15, -0.1) is 0 Å². The van der Waals surface area contributed by atoms with Crippen molar-refractivity contribution in [2.75, 3.05) is 0 Å². The summed E-state index contributed by atoms with van der Waals surface area (Å²) in [5.74, 6) is 0. The Kier molecular flexibility index (Phi) is 5.22. The first-order valence-electron chi connectivity index (χ1n) is 4.49. The van der Waals surface area contributed by atoms with Gasteiger partial charge in [0.25, 0.3) is 5.08 Å². The van der Waals surface area contributed by atoms with E-state index in [1.807, 2.05) is 0 Å². The van der Waals surface area contributed by atoms with E-state index in [2.05, 4.69) is 0 Å². The zero-order valence-corrected chi connectivity index (χ0v) is 10.8. The zero-order chi connectivity index (χ0) is 14.1. The molecule has 0 aromatic heterocycles. The Morgan fingerprint density at radius 1 is 1.29 bits per heavy atom. The van der Waals surface area contributed by atoms with Crippen molar-refractivity contribution < 1.29 is 33.8 Å². The molecule has 0 saturated carbocycles. The standard InChI is InChI=1S/C6H16N2O7P2/c1-4(7)5(8)2-3-6(9,16(10,11)12)17(13,14)15/h4,8-9H,2-3,7H2,1H3,(H2,10,11,12)(H2,13,14,15). The normalized spacial score (nSPS) is 15.7. The number of nitrogens with one attached hydrogen (secondary N) is 1. The summed E-state index contributed by atoms with van der Waals surface area (Å²) >= 11 is 0. The molecule has 0 radical (unpaired) electrons. The molecule has 0 bridgehead atoms. The minimum atomic E-state index is -5.44. The molecule has 0 aliphatic heterocycles. The Labute approximate surface area is 97.5 Å². The van der Waals surface area contributed by atoms with Gasteiger partial charge in [0.2, 0.25) is 0 Å². The second kappa shape index (κ2) is 5.26. The van der Waals surface area contributed by atoms with Crippen LogP contribution >= 0.6 is 15.2 Å². The molecule has 0 rings (SSSR count). The van der Waals surface area contributed by atoms with Crippen LogP contribution in [0.5, 0.6) is 0 Å². The maximum absolute atomic E-state index is 10.9. The fraction of sp³-hybridized carbons (Fsp3) is 0.833. The van der Waals surface area contributed by atoms with Gasteiger partial charge in [-0.1, -0.05) is 0 Å². The second-order valence-electron chi connectivity index (χ2n) is 3.68. The summed E-state index contributed by atoms with van der Waals surface area (Å²) in [6, 6.07) is -0.729. The monoisotopic (exact) mass is 290 g/mol. The molecule has 8 N–H and O–H groups in total. The van der Waals surface area contributed by atoms with Gasteiger partial charge in [-0.3, -0.25) is 9.13 Å². The number of rotatable bonds is 6. The van der Waals surface area contributed by atoms with E-state index >= 15 is 0 Å². The molecule has 1 atom stereocenters. The van der Waals surface area contributed by atoms with Gasteiger partial charge in [-0.25, -0.2) is 0 Å². The average Bonchev–Trinajstić information content (AvgIpc) is 2.09. The molecule has 0 fully saturated rings. The predicted molar refractivity (Wildman–Crippen MR) is 59.6 cm³/mol. The molecule has 0 aliphatic carbocycles. The van der Waals surface area contributed by atoms with E-state index in [-0.39, 0.29) is 5.71 Å². The van der Waals surface area contributed by atoms with Crippen LogP contribution in [0.4, 0.5) is 0 Å². The highest BCUT2D eigenvalue weighted by Crippen LogP contribution is 2.69. The van der Waals surface area contributed by atoms with E-state index in [0.717, 1.165) is 0 Å². The van der Waals surface area contributed by atoms with Crippen LogP contribution in [0.25, 0.3) is 0 Å². The van der Waals surface area contributed by atoms with Crippen molar-refractivity contribution in [1.29, 1.82) is 5.41 Å². The van der Waals surface area contributed by atoms with Crippen LogP contribution in [0.3, 0.4) is 0 Å². The maximum atomic E-state index is 10.9. The van der Waals surface area contributed by atoms with Crippen LogP contribution in [0.2, 0.25) is 0 Å². The van der Waals surface area contributed by atoms with Crippen molar-refractivity contribution in [2.24, 2.45) is 5.73 Å². The van der Waals surface area contributed by atoms with Crippen LogP contribution in [0.15, 0.2) is 0 Å². The fourth-order valence-electron chi connectivity index (χ4n) is 0.991. The molecule has 0 spiro atoms. The SMILES string of the molecule is CC(N)C(=N)CCC(O)(P(=O)(O)O)P(=O)(O)O. The lowest BCUT2D eigenvalue weighted by Crippen LogP contribution is -2.32. The van der Waals surface area contributed by atoms with Crippen molar-refractivity contribution in [2.45, 2.75) is 30.9 Å². The Hall–Kier alpha value is -0.110. The summed E-state index contributed by atoms with van der Waals surface area (Å²) in [7, 11) is -10.9. The highest BCUT2D eigenvalue weighted by molar-refractivity contribution is 7.72. The lowest BCUT2D eigenvalue weighted by molar-refractivity contribution is 0.125. The number of aliphatic hydroxyl groups is 1. The van der Waals surface area contributed by atoms with Crippen molar-refractivity contribution >= 4 is 20.9 Å². The Morgan fingerprint density at radius 2 is 1.65 bits per heavy atom. The quantitative estimate of drug-likeness (QED) is 0.243. The molecular formula is C6H16N2O7P2. The molecule has 0 aliphatic rings. The second-order valence-corrected chi connectivity index (χ2v) is 7.68. The summed E-state index contributed by atoms with van der Waals surface area (Å²) in [6.45, 7) is 1.43. The smallest absolute Gasteiger partial charge is 0.368 e. The fourth-order valence-corrected chi connectivity index (χ4v) is 3.15. The molecule has 9 nitrogen and oxygen atoms in total. The molecular weight excluding hydrogens is 274 g/mol. The van der Waals surface area contributed by atoms with Gasteiger partial charge in [0.05, 0.1) is 0 Å². The molecule has 0 saturated heterocycles. The highest BCUT2D eigenvalue weighted by Gasteiger charge is 2.58. The highest BCUT2D eigenvalue weighted by atomic mass is 31.2. The largest absolute Gasteiger partial charge is 0.369 e. The minimum absolute atomic E-state index is 0.176. The summed E-state index contributed by atoms with van der Waals surface area (Å²) in [4.78, 5) is 35.2. The molecule has 102 valence electrons. The molecule has 11 heteroatoms. The van der Waals surface area contributed by atoms with Crippen LogP contribution in [-0.4, -0.2) is 41.5 Å². The lowest BCUT2D eigenvalue weighted by atomic mass is 10.1. The van der Waals surface area contributed by atoms with E-state index in [9.17, 15) is 14.2 Å². The van der Waals surface area contributed by atoms with Crippen LogP contribution in [0, 0.1) is 5.41 Å².